The van der Waals surface area contributed by atoms with Crippen molar-refractivity contribution in [3.63, 3.8) is 0 Å². The number of nitrogens with zero attached hydrogens (tertiary/aromatic N) is 2. The Hall–Kier alpha value is -4.58. The smallest absolute Gasteiger partial charge is 0.416 e. The van der Waals surface area contributed by atoms with E-state index in [-0.39, 0.29) is 16.7 Å². The molecule has 0 aliphatic carbocycles. The van der Waals surface area contributed by atoms with E-state index in [1.54, 1.807) is 67.6 Å². The SMILES string of the molecule is Cc1ccc(S(=O)(=O)/N=C2\OC(c3ccccc3)=C[C@@H](c3ccccc3)N2c2cc(C(F)(F)F)cc(C(F)(F)F)c2)cc1. The monoisotopic (exact) mass is 616 g/mol. The standard InChI is InChI=1S/C31H22F6N2O3S/c1-20-12-14-26(15-13-20)43(40,41)38-29-39(25-17-23(30(32,33)34)16-24(18-25)31(35,36)37)27(21-8-4-2-5-9-21)19-28(42-29)22-10-6-3-7-11-22/h2-19,27H,1H3/b38-29-/t27-/m0/s1. The number of ether oxygens (including phenoxy) is 1. The molecule has 0 fully saturated rings. The zero-order valence-electron chi connectivity index (χ0n) is 22.3. The molecule has 0 radical (unpaired) electrons. The first kappa shape index (κ1) is 29.9. The van der Waals surface area contributed by atoms with Crippen molar-refractivity contribution in [2.45, 2.75) is 30.2 Å². The number of halogens is 6. The molecule has 0 aromatic heterocycles. The van der Waals surface area contributed by atoms with Crippen LogP contribution in [0.5, 0.6) is 0 Å². The summed E-state index contributed by atoms with van der Waals surface area (Å²) in [5.74, 6) is 0.103. The molecule has 0 saturated carbocycles. The number of anilines is 1. The number of rotatable bonds is 5. The summed E-state index contributed by atoms with van der Waals surface area (Å²) in [5, 5.41) is 0. The zero-order valence-corrected chi connectivity index (χ0v) is 23.1. The second-order valence-corrected chi connectivity index (χ2v) is 11.3. The third-order valence-electron chi connectivity index (χ3n) is 6.56. The minimum Gasteiger partial charge on any atom is -0.425 e. The Labute approximate surface area is 243 Å². The van der Waals surface area contributed by atoms with Gasteiger partial charge in [-0.25, -0.2) is 0 Å². The van der Waals surface area contributed by atoms with E-state index in [1.807, 2.05) is 0 Å². The van der Waals surface area contributed by atoms with Crippen molar-refractivity contribution in [2.75, 3.05) is 4.90 Å². The predicted octanol–water partition coefficient (Wildman–Crippen LogP) is 8.40. The van der Waals surface area contributed by atoms with Crippen LogP contribution >= 0.6 is 0 Å². The fourth-order valence-corrected chi connectivity index (χ4v) is 5.36. The highest BCUT2D eigenvalue weighted by atomic mass is 32.2. The van der Waals surface area contributed by atoms with Crippen molar-refractivity contribution in [3.8, 4) is 0 Å². The summed E-state index contributed by atoms with van der Waals surface area (Å²) in [7, 11) is -4.56. The van der Waals surface area contributed by atoms with Crippen LogP contribution in [0.3, 0.4) is 0 Å². The fourth-order valence-electron chi connectivity index (χ4n) is 4.45. The average Bonchev–Trinajstić information content (AvgIpc) is 2.96. The van der Waals surface area contributed by atoms with Gasteiger partial charge >= 0.3 is 18.4 Å². The van der Waals surface area contributed by atoms with Crippen LogP contribution in [-0.2, 0) is 27.1 Å². The van der Waals surface area contributed by atoms with Crippen molar-refractivity contribution in [2.24, 2.45) is 4.40 Å². The largest absolute Gasteiger partial charge is 0.425 e. The number of sulfonamides is 1. The van der Waals surface area contributed by atoms with E-state index in [0.717, 1.165) is 10.5 Å². The molecular formula is C31H22F6N2O3S. The Bertz CT molecular complexity index is 1750. The lowest BCUT2D eigenvalue weighted by Gasteiger charge is -2.37. The van der Waals surface area contributed by atoms with Crippen LogP contribution in [0.2, 0.25) is 0 Å². The first-order valence-corrected chi connectivity index (χ1v) is 14.2. The lowest BCUT2D eigenvalue weighted by atomic mass is 9.99. The number of amidine groups is 1. The summed E-state index contributed by atoms with van der Waals surface area (Å²) in [6, 6.07) is 21.3. The van der Waals surface area contributed by atoms with Gasteiger partial charge in [-0.2, -0.15) is 34.8 Å². The van der Waals surface area contributed by atoms with Crippen LogP contribution in [0, 0.1) is 6.92 Å². The molecule has 43 heavy (non-hydrogen) atoms. The number of aryl methyl sites for hydroxylation is 1. The molecule has 0 bridgehead atoms. The molecule has 4 aromatic carbocycles. The van der Waals surface area contributed by atoms with Gasteiger partial charge in [-0.3, -0.25) is 4.90 Å². The van der Waals surface area contributed by atoms with E-state index >= 15 is 0 Å². The predicted molar refractivity (Wildman–Crippen MR) is 149 cm³/mol. The van der Waals surface area contributed by atoms with Gasteiger partial charge in [-0.15, -0.1) is 4.40 Å². The molecule has 1 aliphatic rings. The van der Waals surface area contributed by atoms with Crippen molar-refractivity contribution in [1.29, 1.82) is 0 Å². The molecule has 12 heteroatoms. The minimum absolute atomic E-state index is 0.00305. The summed E-state index contributed by atoms with van der Waals surface area (Å²) < 4.78 is 120. The average molecular weight is 617 g/mol. The third-order valence-corrected chi connectivity index (χ3v) is 7.83. The second-order valence-electron chi connectivity index (χ2n) is 9.65. The van der Waals surface area contributed by atoms with Gasteiger partial charge in [-0.05, 0) is 48.9 Å². The van der Waals surface area contributed by atoms with Crippen LogP contribution in [0.4, 0.5) is 32.0 Å². The Morgan fingerprint density at radius 2 is 1.28 bits per heavy atom. The van der Waals surface area contributed by atoms with E-state index in [1.165, 1.54) is 30.3 Å². The Kier molecular flexibility index (Phi) is 7.82. The Balaban J connectivity index is 1.81. The summed E-state index contributed by atoms with van der Waals surface area (Å²) >= 11 is 0. The van der Waals surface area contributed by atoms with Gasteiger partial charge in [0.15, 0.2) is 0 Å². The molecule has 0 saturated heterocycles. The molecule has 0 spiro atoms. The highest BCUT2D eigenvalue weighted by Gasteiger charge is 2.40. The highest BCUT2D eigenvalue weighted by molar-refractivity contribution is 7.90. The van der Waals surface area contributed by atoms with Gasteiger partial charge in [0.1, 0.15) is 5.76 Å². The molecule has 1 atom stereocenters. The fraction of sp³-hybridized carbons (Fsp3) is 0.129. The van der Waals surface area contributed by atoms with Crippen LogP contribution in [0.25, 0.3) is 5.76 Å². The highest BCUT2D eigenvalue weighted by Crippen LogP contribution is 2.43. The molecule has 4 aromatic rings. The zero-order chi connectivity index (χ0) is 31.0. The first-order valence-electron chi connectivity index (χ1n) is 12.7. The Morgan fingerprint density at radius 3 is 1.81 bits per heavy atom. The van der Waals surface area contributed by atoms with Crippen LogP contribution in [0.1, 0.15) is 33.9 Å². The van der Waals surface area contributed by atoms with E-state index in [2.05, 4.69) is 4.40 Å². The molecule has 222 valence electrons. The lowest BCUT2D eigenvalue weighted by Crippen LogP contribution is -2.40. The lowest BCUT2D eigenvalue weighted by molar-refractivity contribution is -0.143. The number of hydrogen-bond acceptors (Lipinski definition) is 3. The number of alkyl halides is 6. The van der Waals surface area contributed by atoms with Gasteiger partial charge in [0.05, 0.1) is 22.1 Å². The molecule has 5 rings (SSSR count). The van der Waals surface area contributed by atoms with E-state index in [0.29, 0.717) is 23.3 Å². The normalized spacial score (nSPS) is 17.0. The van der Waals surface area contributed by atoms with E-state index in [4.69, 9.17) is 4.74 Å². The van der Waals surface area contributed by atoms with Gasteiger partial charge in [0, 0.05) is 11.3 Å². The van der Waals surface area contributed by atoms with Crippen molar-refractivity contribution < 1.29 is 39.5 Å². The molecule has 0 N–H and O–H groups in total. The minimum atomic E-state index is -5.15. The van der Waals surface area contributed by atoms with Gasteiger partial charge < -0.3 is 4.74 Å². The molecule has 0 unspecified atom stereocenters. The van der Waals surface area contributed by atoms with Crippen LogP contribution in [-0.4, -0.2) is 14.4 Å². The second kappa shape index (κ2) is 11.3. The topological polar surface area (TPSA) is 59.0 Å². The summed E-state index contributed by atoms with van der Waals surface area (Å²) in [4.78, 5) is 0.666. The molecule has 1 heterocycles. The van der Waals surface area contributed by atoms with Crippen molar-refractivity contribution in [3.05, 3.63) is 137 Å². The number of hydrogen-bond donors (Lipinski definition) is 0. The van der Waals surface area contributed by atoms with Gasteiger partial charge in [0.25, 0.3) is 10.0 Å². The summed E-state index contributed by atoms with van der Waals surface area (Å²) in [6.45, 7) is 1.74. The maximum Gasteiger partial charge on any atom is 0.416 e. The molecule has 1 aliphatic heterocycles. The maximum absolute atomic E-state index is 13.9. The first-order chi connectivity index (χ1) is 20.2. The van der Waals surface area contributed by atoms with Crippen LogP contribution in [0.15, 0.2) is 118 Å². The van der Waals surface area contributed by atoms with Gasteiger partial charge in [0.2, 0.25) is 0 Å². The van der Waals surface area contributed by atoms with Gasteiger partial charge in [-0.1, -0.05) is 78.4 Å². The van der Waals surface area contributed by atoms with E-state index < -0.39 is 51.3 Å². The van der Waals surface area contributed by atoms with Crippen LogP contribution < -0.4 is 4.90 Å². The summed E-state index contributed by atoms with van der Waals surface area (Å²) in [5.41, 5.74) is -2.14. The number of benzene rings is 4. The quantitative estimate of drug-likeness (QED) is 0.211. The molecule has 0 amide bonds. The van der Waals surface area contributed by atoms with Crippen molar-refractivity contribution in [1.82, 2.24) is 0 Å². The Morgan fingerprint density at radius 1 is 0.744 bits per heavy atom. The summed E-state index contributed by atoms with van der Waals surface area (Å²) in [6.07, 6.45) is -8.81. The third kappa shape index (κ3) is 6.59. The maximum atomic E-state index is 13.9. The molecular weight excluding hydrogens is 594 g/mol. The van der Waals surface area contributed by atoms with E-state index in [9.17, 15) is 34.8 Å². The molecule has 5 nitrogen and oxygen atoms in total. The van der Waals surface area contributed by atoms with Crippen molar-refractivity contribution >= 4 is 27.5 Å².